The van der Waals surface area contributed by atoms with Crippen LogP contribution in [0.3, 0.4) is 0 Å². The lowest BCUT2D eigenvalue weighted by molar-refractivity contribution is -0.170. The lowest BCUT2D eigenvalue weighted by Crippen LogP contribution is -2.39. The van der Waals surface area contributed by atoms with Crippen molar-refractivity contribution in [3.8, 4) is 22.3 Å². The fourth-order valence-corrected chi connectivity index (χ4v) is 13.5. The Hall–Kier alpha value is -3.55. The smallest absolute Gasteiger partial charge is 0.170 e. The number of ether oxygens (including phenoxy) is 2. The second-order valence-electron chi connectivity index (χ2n) is 16.8. The minimum absolute atomic E-state index is 0.230. The summed E-state index contributed by atoms with van der Waals surface area (Å²) >= 11 is 0. The average Bonchev–Trinajstić information content (AvgIpc) is 3.71. The summed E-state index contributed by atoms with van der Waals surface area (Å²) < 4.78 is 13.5. The first-order valence-corrected chi connectivity index (χ1v) is 23.3. The van der Waals surface area contributed by atoms with Crippen molar-refractivity contribution in [1.82, 2.24) is 0 Å². The van der Waals surface area contributed by atoms with E-state index in [0.29, 0.717) is 36.9 Å². The molecule has 1 spiro atoms. The van der Waals surface area contributed by atoms with Gasteiger partial charge in [0.1, 0.15) is 0 Å². The van der Waals surface area contributed by atoms with Crippen molar-refractivity contribution in [2.75, 3.05) is 13.2 Å². The predicted octanol–water partition coefficient (Wildman–Crippen LogP) is 15.2. The van der Waals surface area contributed by atoms with Crippen molar-refractivity contribution in [2.24, 2.45) is 0 Å². The summed E-state index contributed by atoms with van der Waals surface area (Å²) in [5.41, 5.74) is 15.0. The van der Waals surface area contributed by atoms with Gasteiger partial charge in [0.25, 0.3) is 0 Å². The summed E-state index contributed by atoms with van der Waals surface area (Å²) in [6, 6.07) is 44.7. The fraction of sp³-hybridized carbons (Fsp3) is 0.434. The third-order valence-electron chi connectivity index (χ3n) is 13.5. The lowest BCUT2D eigenvalue weighted by atomic mass is 9.80. The van der Waals surface area contributed by atoms with E-state index in [4.69, 9.17) is 9.47 Å². The molecule has 2 aliphatic heterocycles. The van der Waals surface area contributed by atoms with Crippen LogP contribution in [-0.2, 0) is 9.47 Å². The van der Waals surface area contributed by atoms with Gasteiger partial charge >= 0.3 is 0 Å². The SMILES string of the molecule is CCC(C)c1cccc(C(C)CC)c1-c1cccc(-c2c(C(C)CC)cccc2C(C)CC)c1P1C(c2ccccc2)CC2(CC1c1ccccc1)OCCO2. The summed E-state index contributed by atoms with van der Waals surface area (Å²) in [5.74, 6) is 1.15. The van der Waals surface area contributed by atoms with Gasteiger partial charge in [0.2, 0.25) is 0 Å². The van der Waals surface area contributed by atoms with Crippen LogP contribution in [0.15, 0.2) is 115 Å². The third-order valence-corrected chi connectivity index (χ3v) is 16.8. The molecule has 56 heavy (non-hydrogen) atoms. The Kier molecular flexibility index (Phi) is 13.0. The van der Waals surface area contributed by atoms with Crippen LogP contribution in [0.25, 0.3) is 22.3 Å². The Morgan fingerprint density at radius 3 is 1.16 bits per heavy atom. The highest BCUT2D eigenvalue weighted by atomic mass is 31.1. The van der Waals surface area contributed by atoms with Crippen LogP contribution < -0.4 is 5.30 Å². The molecular weight excluding hydrogens is 700 g/mol. The van der Waals surface area contributed by atoms with E-state index in [9.17, 15) is 0 Å². The zero-order valence-electron chi connectivity index (χ0n) is 35.4. The molecule has 2 fully saturated rings. The van der Waals surface area contributed by atoms with Gasteiger partial charge in [-0.3, -0.25) is 0 Å². The van der Waals surface area contributed by atoms with Crippen molar-refractivity contribution in [2.45, 2.75) is 135 Å². The minimum Gasteiger partial charge on any atom is -0.347 e. The number of rotatable bonds is 13. The topological polar surface area (TPSA) is 18.5 Å². The van der Waals surface area contributed by atoms with Crippen LogP contribution in [0.2, 0.25) is 0 Å². The molecule has 0 saturated carbocycles. The molecule has 294 valence electrons. The van der Waals surface area contributed by atoms with E-state index < -0.39 is 13.7 Å². The zero-order chi connectivity index (χ0) is 39.4. The lowest BCUT2D eigenvalue weighted by Gasteiger charge is -2.48. The molecule has 0 aromatic heterocycles. The summed E-state index contributed by atoms with van der Waals surface area (Å²) in [4.78, 5) is 0. The highest BCUT2D eigenvalue weighted by Gasteiger charge is 2.52. The van der Waals surface area contributed by atoms with E-state index in [-0.39, 0.29) is 11.3 Å². The quantitative estimate of drug-likeness (QED) is 0.111. The Bertz CT molecular complexity index is 1850. The molecule has 0 N–H and O–H groups in total. The van der Waals surface area contributed by atoms with Crippen LogP contribution in [-0.4, -0.2) is 19.0 Å². The molecule has 0 radical (unpaired) electrons. The van der Waals surface area contributed by atoms with Crippen LogP contribution in [0.1, 0.15) is 162 Å². The van der Waals surface area contributed by atoms with Gasteiger partial charge in [0.15, 0.2) is 5.79 Å². The van der Waals surface area contributed by atoms with Gasteiger partial charge in [-0.25, -0.2) is 0 Å². The minimum atomic E-state index is -0.881. The molecule has 2 saturated heterocycles. The van der Waals surface area contributed by atoms with Crippen molar-refractivity contribution >= 4 is 13.2 Å². The molecule has 2 nitrogen and oxygen atoms in total. The summed E-state index contributed by atoms with van der Waals surface area (Å²) in [7, 11) is -0.881. The summed E-state index contributed by atoms with van der Waals surface area (Å²) in [6.45, 7) is 20.5. The Morgan fingerprint density at radius 2 is 0.821 bits per heavy atom. The van der Waals surface area contributed by atoms with Crippen molar-refractivity contribution in [3.05, 3.63) is 149 Å². The summed E-state index contributed by atoms with van der Waals surface area (Å²) in [5, 5.41) is 1.57. The van der Waals surface area contributed by atoms with Gasteiger partial charge in [0, 0.05) is 24.2 Å². The van der Waals surface area contributed by atoms with Gasteiger partial charge in [-0.2, -0.15) is 0 Å². The maximum absolute atomic E-state index is 6.75. The van der Waals surface area contributed by atoms with Crippen LogP contribution in [0, 0.1) is 0 Å². The molecule has 6 unspecified atom stereocenters. The van der Waals surface area contributed by atoms with Crippen molar-refractivity contribution < 1.29 is 9.47 Å². The average molecular weight is 765 g/mol. The van der Waals surface area contributed by atoms with Crippen molar-refractivity contribution in [1.29, 1.82) is 0 Å². The highest BCUT2D eigenvalue weighted by Crippen LogP contribution is 2.71. The van der Waals surface area contributed by atoms with E-state index in [0.717, 1.165) is 38.5 Å². The molecule has 2 heterocycles. The van der Waals surface area contributed by atoms with Gasteiger partial charge in [-0.1, -0.05) is 179 Å². The predicted molar refractivity (Wildman–Crippen MR) is 241 cm³/mol. The molecule has 0 amide bonds. The molecule has 6 atom stereocenters. The van der Waals surface area contributed by atoms with Gasteiger partial charge in [-0.05, 0) is 110 Å². The first kappa shape index (κ1) is 40.6. The second-order valence-corrected chi connectivity index (χ2v) is 19.3. The van der Waals surface area contributed by atoms with E-state index >= 15 is 0 Å². The monoisotopic (exact) mass is 764 g/mol. The van der Waals surface area contributed by atoms with Crippen LogP contribution in [0.4, 0.5) is 0 Å². The molecule has 3 heteroatoms. The van der Waals surface area contributed by atoms with E-state index in [2.05, 4.69) is 171 Å². The van der Waals surface area contributed by atoms with Crippen LogP contribution in [0.5, 0.6) is 0 Å². The second kappa shape index (κ2) is 17.9. The number of benzene rings is 5. The van der Waals surface area contributed by atoms with Gasteiger partial charge < -0.3 is 9.47 Å². The van der Waals surface area contributed by atoms with Crippen molar-refractivity contribution in [3.63, 3.8) is 0 Å². The first-order valence-electron chi connectivity index (χ1n) is 21.8. The number of hydrogen-bond donors (Lipinski definition) is 0. The Labute approximate surface area is 340 Å². The van der Waals surface area contributed by atoms with E-state index in [1.165, 1.54) is 55.6 Å². The van der Waals surface area contributed by atoms with Gasteiger partial charge in [0.05, 0.1) is 13.2 Å². The van der Waals surface area contributed by atoms with Crippen LogP contribution >= 0.6 is 7.92 Å². The van der Waals surface area contributed by atoms with E-state index in [1.807, 2.05) is 0 Å². The normalized spacial score (nSPS) is 21.5. The molecular formula is C53H65O2P. The molecule has 5 aromatic carbocycles. The van der Waals surface area contributed by atoms with Gasteiger partial charge in [-0.15, -0.1) is 0 Å². The largest absolute Gasteiger partial charge is 0.347 e. The fourth-order valence-electron chi connectivity index (χ4n) is 9.59. The molecule has 5 aromatic rings. The first-order chi connectivity index (χ1) is 27.3. The maximum atomic E-state index is 6.75. The maximum Gasteiger partial charge on any atom is 0.170 e. The number of hydrogen-bond acceptors (Lipinski definition) is 2. The molecule has 0 bridgehead atoms. The Morgan fingerprint density at radius 1 is 0.482 bits per heavy atom. The Balaban J connectivity index is 1.66. The standard InChI is InChI=1S/C53H65O2P/c1-9-36(5)42-26-19-27-43(37(6)10-2)50(42)46-30-21-31-47(51-44(38(7)11-3)28-20-29-45(51)39(8)12-4)52(46)56-48(40-22-15-13-16-23-40)34-53(54-32-33-55-53)35-49(56)41-24-17-14-18-25-41/h13-31,36-39,48-49H,9-12,32-35H2,1-8H3. The zero-order valence-corrected chi connectivity index (χ0v) is 36.2. The summed E-state index contributed by atoms with van der Waals surface area (Å²) in [6.07, 6.45) is 6.13. The molecule has 2 aliphatic rings. The highest BCUT2D eigenvalue weighted by molar-refractivity contribution is 7.67. The molecule has 7 rings (SSSR count). The molecule has 0 aliphatic carbocycles. The third kappa shape index (κ3) is 7.84. The van der Waals surface area contributed by atoms with E-state index in [1.54, 1.807) is 5.30 Å².